The topological polar surface area (TPSA) is 88.9 Å². The number of methoxy groups -OCH3 is 1. The van der Waals surface area contributed by atoms with Crippen LogP contribution in [0.3, 0.4) is 0 Å². The fourth-order valence-corrected chi connectivity index (χ4v) is 5.40. The molecule has 0 unspecified atom stereocenters. The van der Waals surface area contributed by atoms with Crippen molar-refractivity contribution in [1.82, 2.24) is 30.1 Å². The number of aromatic amines is 1. The van der Waals surface area contributed by atoms with E-state index >= 15 is 0 Å². The Morgan fingerprint density at radius 3 is 2.76 bits per heavy atom. The lowest BCUT2D eigenvalue weighted by atomic mass is 10.0. The molecule has 190 valence electrons. The van der Waals surface area contributed by atoms with E-state index in [9.17, 15) is 4.79 Å². The van der Waals surface area contributed by atoms with Crippen LogP contribution in [0.5, 0.6) is 0 Å². The molecule has 0 aliphatic rings. The number of pyridine rings is 1. The smallest absolute Gasteiger partial charge is 0.253 e. The number of ether oxygens (including phenoxy) is 1. The first-order valence-electron chi connectivity index (χ1n) is 12.3. The molecule has 2 aromatic carbocycles. The Bertz CT molecular complexity index is 1500. The Kier molecular flexibility index (Phi) is 7.84. The van der Waals surface area contributed by atoms with E-state index < -0.39 is 6.04 Å². The zero-order valence-corrected chi connectivity index (χ0v) is 21.8. The number of hydrogen-bond acceptors (Lipinski definition) is 7. The highest BCUT2D eigenvalue weighted by Crippen LogP contribution is 2.30. The van der Waals surface area contributed by atoms with Gasteiger partial charge in [-0.2, -0.15) is 0 Å². The third-order valence-electron chi connectivity index (χ3n) is 6.56. The van der Waals surface area contributed by atoms with Crippen molar-refractivity contribution in [2.75, 3.05) is 20.3 Å². The molecule has 0 amide bonds. The number of aryl methyl sites for hydroxylation is 1. The van der Waals surface area contributed by atoms with Crippen LogP contribution in [-0.2, 0) is 24.2 Å². The SMILES string of the molecule is COCCn1nnnc1[C@@H](c1cc2cccc(C)c2[nH]c1=O)N(CCc1ccccc1)Cc1cccs1. The zero-order chi connectivity index (χ0) is 25.6. The molecule has 5 aromatic rings. The molecule has 9 heteroatoms. The van der Waals surface area contributed by atoms with Gasteiger partial charge in [0.15, 0.2) is 5.82 Å². The average Bonchev–Trinajstić information content (AvgIpc) is 3.60. The molecule has 0 bridgehead atoms. The quantitative estimate of drug-likeness (QED) is 0.282. The molecule has 3 heterocycles. The normalized spacial score (nSPS) is 12.4. The fraction of sp³-hybridized carbons (Fsp3) is 0.286. The third kappa shape index (κ3) is 5.69. The highest BCUT2D eigenvalue weighted by molar-refractivity contribution is 7.09. The minimum absolute atomic E-state index is 0.135. The molecule has 1 N–H and O–H groups in total. The number of thiophene rings is 1. The number of aromatic nitrogens is 5. The molecule has 0 saturated heterocycles. The standard InChI is InChI=1S/C28H30N6O2S/c1-20-8-6-11-22-18-24(28(35)29-25(20)22)26(27-30-31-32-34(27)15-16-36-2)33(19-23-12-7-17-37-23)14-13-21-9-4-3-5-10-21/h3-12,17-18,26H,13-16,19H2,1-2H3,(H,29,35)/t26-/m1/s1. The molecule has 0 aliphatic carbocycles. The Morgan fingerprint density at radius 2 is 1.97 bits per heavy atom. The van der Waals surface area contributed by atoms with Gasteiger partial charge in [-0.05, 0) is 57.8 Å². The lowest BCUT2D eigenvalue weighted by molar-refractivity contribution is 0.172. The van der Waals surface area contributed by atoms with Gasteiger partial charge in [0, 0.05) is 30.6 Å². The molecule has 1 atom stereocenters. The van der Waals surface area contributed by atoms with Gasteiger partial charge in [-0.1, -0.05) is 54.6 Å². The molecule has 5 rings (SSSR count). The number of fused-ring (bicyclic) bond motifs is 1. The highest BCUT2D eigenvalue weighted by atomic mass is 32.1. The second-order valence-electron chi connectivity index (χ2n) is 9.03. The van der Waals surface area contributed by atoms with Crippen LogP contribution in [0.1, 0.15) is 33.4 Å². The molecule has 0 aliphatic heterocycles. The van der Waals surface area contributed by atoms with Crippen molar-refractivity contribution >= 4 is 22.2 Å². The summed E-state index contributed by atoms with van der Waals surface area (Å²) in [5.74, 6) is 0.624. The van der Waals surface area contributed by atoms with Crippen molar-refractivity contribution in [3.8, 4) is 0 Å². The van der Waals surface area contributed by atoms with Crippen LogP contribution in [-0.4, -0.2) is 50.4 Å². The number of benzene rings is 2. The second kappa shape index (κ2) is 11.6. The van der Waals surface area contributed by atoms with Crippen LogP contribution in [0.25, 0.3) is 10.9 Å². The summed E-state index contributed by atoms with van der Waals surface area (Å²) in [5.41, 5.74) is 3.60. The summed E-state index contributed by atoms with van der Waals surface area (Å²) in [6, 6.07) is 22.2. The summed E-state index contributed by atoms with van der Waals surface area (Å²) < 4.78 is 7.05. The number of nitrogens with one attached hydrogen (secondary N) is 1. The van der Waals surface area contributed by atoms with Crippen molar-refractivity contribution in [3.05, 3.63) is 110 Å². The molecule has 0 saturated carbocycles. The largest absolute Gasteiger partial charge is 0.383 e. The van der Waals surface area contributed by atoms with Crippen molar-refractivity contribution < 1.29 is 4.74 Å². The van der Waals surface area contributed by atoms with Gasteiger partial charge in [0.05, 0.1) is 18.7 Å². The first-order valence-corrected chi connectivity index (χ1v) is 13.2. The molecule has 0 fully saturated rings. The van der Waals surface area contributed by atoms with Crippen LogP contribution in [0.15, 0.2) is 76.9 Å². The highest BCUT2D eigenvalue weighted by Gasteiger charge is 2.31. The van der Waals surface area contributed by atoms with Gasteiger partial charge in [-0.3, -0.25) is 9.69 Å². The van der Waals surface area contributed by atoms with E-state index in [0.29, 0.717) is 31.1 Å². The Balaban J connectivity index is 1.63. The Hall–Kier alpha value is -3.66. The van der Waals surface area contributed by atoms with E-state index in [1.165, 1.54) is 10.4 Å². The van der Waals surface area contributed by atoms with Crippen molar-refractivity contribution in [3.63, 3.8) is 0 Å². The van der Waals surface area contributed by atoms with Gasteiger partial charge >= 0.3 is 0 Å². The first-order chi connectivity index (χ1) is 18.1. The molecule has 0 spiro atoms. The van der Waals surface area contributed by atoms with Crippen molar-refractivity contribution in [2.24, 2.45) is 0 Å². The summed E-state index contributed by atoms with van der Waals surface area (Å²) in [6.07, 6.45) is 0.826. The first kappa shape index (κ1) is 25.0. The van der Waals surface area contributed by atoms with E-state index in [4.69, 9.17) is 4.74 Å². The van der Waals surface area contributed by atoms with Crippen LogP contribution < -0.4 is 5.56 Å². The monoisotopic (exact) mass is 514 g/mol. The van der Waals surface area contributed by atoms with Crippen molar-refractivity contribution in [1.29, 1.82) is 0 Å². The second-order valence-corrected chi connectivity index (χ2v) is 10.1. The van der Waals surface area contributed by atoms with Gasteiger partial charge in [0.25, 0.3) is 5.56 Å². The van der Waals surface area contributed by atoms with Gasteiger partial charge < -0.3 is 9.72 Å². The molecular formula is C28H30N6O2S. The zero-order valence-electron chi connectivity index (χ0n) is 21.0. The number of rotatable bonds is 11. The minimum Gasteiger partial charge on any atom is -0.383 e. The van der Waals surface area contributed by atoms with Crippen LogP contribution in [0.2, 0.25) is 0 Å². The number of tetrazole rings is 1. The molecule has 37 heavy (non-hydrogen) atoms. The predicted octanol–water partition coefficient (Wildman–Crippen LogP) is 4.37. The summed E-state index contributed by atoms with van der Waals surface area (Å²) in [7, 11) is 1.65. The third-order valence-corrected chi connectivity index (χ3v) is 7.42. The van der Waals surface area contributed by atoms with E-state index in [1.807, 2.05) is 37.3 Å². The van der Waals surface area contributed by atoms with Gasteiger partial charge in [-0.15, -0.1) is 16.4 Å². The van der Waals surface area contributed by atoms with Gasteiger partial charge in [0.2, 0.25) is 0 Å². The van der Waals surface area contributed by atoms with E-state index in [1.54, 1.807) is 23.1 Å². The summed E-state index contributed by atoms with van der Waals surface area (Å²) in [4.78, 5) is 20.3. The summed E-state index contributed by atoms with van der Waals surface area (Å²) in [6.45, 7) is 4.34. The number of hydrogen-bond donors (Lipinski definition) is 1. The van der Waals surface area contributed by atoms with Crippen LogP contribution >= 0.6 is 11.3 Å². The Morgan fingerprint density at radius 1 is 1.11 bits per heavy atom. The number of para-hydroxylation sites is 1. The molecule has 8 nitrogen and oxygen atoms in total. The van der Waals surface area contributed by atoms with E-state index in [-0.39, 0.29) is 5.56 Å². The molecule has 0 radical (unpaired) electrons. The van der Waals surface area contributed by atoms with E-state index in [2.05, 4.69) is 67.2 Å². The molecule has 3 aromatic heterocycles. The van der Waals surface area contributed by atoms with Crippen LogP contribution in [0, 0.1) is 6.92 Å². The lowest BCUT2D eigenvalue weighted by Crippen LogP contribution is -2.36. The minimum atomic E-state index is -0.452. The summed E-state index contributed by atoms with van der Waals surface area (Å²) in [5, 5.41) is 15.7. The predicted molar refractivity (Wildman–Crippen MR) is 146 cm³/mol. The maximum atomic E-state index is 13.6. The maximum absolute atomic E-state index is 13.6. The number of nitrogens with zero attached hydrogens (tertiary/aromatic N) is 5. The molecular weight excluding hydrogens is 484 g/mol. The van der Waals surface area contributed by atoms with Gasteiger partial charge in [-0.25, -0.2) is 4.68 Å². The Labute approximate surface area is 219 Å². The number of H-pyrrole nitrogens is 1. The fourth-order valence-electron chi connectivity index (χ4n) is 4.67. The summed E-state index contributed by atoms with van der Waals surface area (Å²) >= 11 is 1.70. The van der Waals surface area contributed by atoms with E-state index in [0.717, 1.165) is 29.4 Å². The maximum Gasteiger partial charge on any atom is 0.253 e. The lowest BCUT2D eigenvalue weighted by Gasteiger charge is -2.31. The average molecular weight is 515 g/mol. The van der Waals surface area contributed by atoms with Crippen LogP contribution in [0.4, 0.5) is 0 Å². The van der Waals surface area contributed by atoms with Crippen molar-refractivity contribution in [2.45, 2.75) is 32.5 Å². The van der Waals surface area contributed by atoms with Gasteiger partial charge in [0.1, 0.15) is 6.04 Å².